The molecule has 1 amide bonds. The third kappa shape index (κ3) is 5.36. The van der Waals surface area contributed by atoms with E-state index < -0.39 is 0 Å². The zero-order chi connectivity index (χ0) is 14.9. The highest BCUT2D eigenvalue weighted by Gasteiger charge is 2.03. The van der Waals surface area contributed by atoms with Crippen LogP contribution in [0.3, 0.4) is 0 Å². The van der Waals surface area contributed by atoms with Gasteiger partial charge in [0.15, 0.2) is 0 Å². The molecule has 0 aliphatic carbocycles. The van der Waals surface area contributed by atoms with Crippen molar-refractivity contribution in [1.29, 1.82) is 0 Å². The fourth-order valence-corrected chi connectivity index (χ4v) is 2.01. The summed E-state index contributed by atoms with van der Waals surface area (Å²) in [7, 11) is 0. The zero-order valence-electron chi connectivity index (χ0n) is 11.8. The number of nitrogens with one attached hydrogen (secondary N) is 2. The summed E-state index contributed by atoms with van der Waals surface area (Å²) in [6.45, 7) is 1.13. The molecule has 0 aliphatic heterocycles. The van der Waals surface area contributed by atoms with E-state index in [4.69, 9.17) is 0 Å². The normalized spacial score (nSPS) is 10.3. The van der Waals surface area contributed by atoms with Gasteiger partial charge in [0.25, 0.3) is 0 Å². The van der Waals surface area contributed by atoms with Crippen molar-refractivity contribution in [2.75, 3.05) is 13.1 Å². The van der Waals surface area contributed by atoms with Crippen molar-refractivity contribution in [2.24, 2.45) is 0 Å². The first-order valence-corrected chi connectivity index (χ1v) is 7.00. The second-order valence-corrected chi connectivity index (χ2v) is 4.78. The predicted molar refractivity (Wildman–Crippen MR) is 81.3 cm³/mol. The van der Waals surface area contributed by atoms with Crippen LogP contribution >= 0.6 is 0 Å². The van der Waals surface area contributed by atoms with Crippen LogP contribution in [0.25, 0.3) is 0 Å². The fourth-order valence-electron chi connectivity index (χ4n) is 2.01. The van der Waals surface area contributed by atoms with Gasteiger partial charge < -0.3 is 10.6 Å². The lowest BCUT2D eigenvalue weighted by molar-refractivity contribution is -0.120. The Morgan fingerprint density at radius 3 is 2.48 bits per heavy atom. The van der Waals surface area contributed by atoms with Gasteiger partial charge in [-0.2, -0.15) is 0 Å². The minimum absolute atomic E-state index is 0.0812. The maximum absolute atomic E-state index is 13.4. The minimum Gasteiger partial charge on any atom is -0.355 e. The lowest BCUT2D eigenvalue weighted by Crippen LogP contribution is -2.34. The summed E-state index contributed by atoms with van der Waals surface area (Å²) in [5, 5.41) is 5.78. The molecule has 0 bridgehead atoms. The second kappa shape index (κ2) is 8.17. The molecule has 2 N–H and O–H groups in total. The smallest absolute Gasteiger partial charge is 0.233 e. The Morgan fingerprint density at radius 1 is 1.00 bits per heavy atom. The number of halogens is 1. The number of hydrogen-bond acceptors (Lipinski definition) is 2. The van der Waals surface area contributed by atoms with Crippen LogP contribution in [0, 0.1) is 5.82 Å². The van der Waals surface area contributed by atoms with Gasteiger partial charge in [0.1, 0.15) is 5.82 Å². The van der Waals surface area contributed by atoms with E-state index in [1.54, 1.807) is 18.2 Å². The highest BCUT2D eigenvalue weighted by Crippen LogP contribution is 2.05. The molecule has 2 rings (SSSR count). The van der Waals surface area contributed by atoms with Gasteiger partial charge in [0.2, 0.25) is 5.91 Å². The molecule has 0 radical (unpaired) electrons. The molecule has 21 heavy (non-hydrogen) atoms. The average Bonchev–Trinajstić information content (AvgIpc) is 2.50. The molecule has 2 aromatic carbocycles. The van der Waals surface area contributed by atoms with Crippen molar-refractivity contribution >= 4 is 5.91 Å². The summed E-state index contributed by atoms with van der Waals surface area (Å²) < 4.78 is 13.4. The van der Waals surface area contributed by atoms with Crippen molar-refractivity contribution in [3.8, 4) is 0 Å². The van der Waals surface area contributed by atoms with Gasteiger partial charge in [0, 0.05) is 18.7 Å². The number of rotatable bonds is 7. The topological polar surface area (TPSA) is 41.1 Å². The highest BCUT2D eigenvalue weighted by atomic mass is 19.1. The summed E-state index contributed by atoms with van der Waals surface area (Å²) in [5.41, 5.74) is 1.76. The number of benzene rings is 2. The molecule has 0 atom stereocenters. The van der Waals surface area contributed by atoms with Gasteiger partial charge in [0.05, 0.1) is 6.54 Å². The van der Waals surface area contributed by atoms with Crippen molar-refractivity contribution in [1.82, 2.24) is 10.6 Å². The lowest BCUT2D eigenvalue weighted by Gasteiger charge is -2.07. The molecule has 0 saturated carbocycles. The van der Waals surface area contributed by atoms with Crippen LogP contribution < -0.4 is 10.6 Å². The largest absolute Gasteiger partial charge is 0.355 e. The van der Waals surface area contributed by atoms with E-state index in [1.165, 1.54) is 11.6 Å². The SMILES string of the molecule is O=C(CNCc1ccccc1F)NCCc1ccccc1. The number of amides is 1. The average molecular weight is 286 g/mol. The Labute approximate surface area is 124 Å². The molecular formula is C17H19FN2O. The molecule has 110 valence electrons. The second-order valence-electron chi connectivity index (χ2n) is 4.78. The molecule has 0 aromatic heterocycles. The molecule has 0 spiro atoms. The summed E-state index contributed by atoms with van der Waals surface area (Å²) in [4.78, 5) is 11.6. The van der Waals surface area contributed by atoms with Crippen LogP contribution in [-0.4, -0.2) is 19.0 Å². The first-order chi connectivity index (χ1) is 10.3. The number of carbonyl (C=O) groups excluding carboxylic acids is 1. The first-order valence-electron chi connectivity index (χ1n) is 7.00. The fraction of sp³-hybridized carbons (Fsp3) is 0.235. The van der Waals surface area contributed by atoms with Crippen LogP contribution in [0.4, 0.5) is 4.39 Å². The molecule has 4 heteroatoms. The quantitative estimate of drug-likeness (QED) is 0.820. The van der Waals surface area contributed by atoms with Gasteiger partial charge in [-0.25, -0.2) is 4.39 Å². The molecule has 0 saturated heterocycles. The van der Waals surface area contributed by atoms with Crippen LogP contribution in [-0.2, 0) is 17.8 Å². The Morgan fingerprint density at radius 2 is 1.71 bits per heavy atom. The van der Waals surface area contributed by atoms with E-state index in [0.29, 0.717) is 18.7 Å². The van der Waals surface area contributed by atoms with Crippen LogP contribution in [0.1, 0.15) is 11.1 Å². The molecule has 0 heterocycles. The van der Waals surface area contributed by atoms with Gasteiger partial charge in [-0.1, -0.05) is 48.5 Å². The Kier molecular flexibility index (Phi) is 5.91. The van der Waals surface area contributed by atoms with E-state index in [1.807, 2.05) is 30.3 Å². The van der Waals surface area contributed by atoms with E-state index in [-0.39, 0.29) is 18.3 Å². The molecule has 2 aromatic rings. The van der Waals surface area contributed by atoms with Gasteiger partial charge in [-0.15, -0.1) is 0 Å². The van der Waals surface area contributed by atoms with E-state index >= 15 is 0 Å². The molecule has 0 unspecified atom stereocenters. The number of hydrogen-bond donors (Lipinski definition) is 2. The lowest BCUT2D eigenvalue weighted by atomic mass is 10.1. The van der Waals surface area contributed by atoms with E-state index in [0.717, 1.165) is 6.42 Å². The summed E-state index contributed by atoms with van der Waals surface area (Å²) in [6, 6.07) is 16.5. The molecule has 0 fully saturated rings. The van der Waals surface area contributed by atoms with Crippen molar-refractivity contribution in [2.45, 2.75) is 13.0 Å². The molecular weight excluding hydrogens is 267 g/mol. The monoisotopic (exact) mass is 286 g/mol. The van der Waals surface area contributed by atoms with Crippen LogP contribution in [0.2, 0.25) is 0 Å². The molecule has 0 aliphatic rings. The number of carbonyl (C=O) groups is 1. The third-order valence-electron chi connectivity index (χ3n) is 3.14. The Hall–Kier alpha value is -2.20. The summed E-state index contributed by atoms with van der Waals surface area (Å²) in [6.07, 6.45) is 0.805. The Bertz CT molecular complexity index is 572. The van der Waals surface area contributed by atoms with Gasteiger partial charge in [-0.05, 0) is 18.1 Å². The minimum atomic E-state index is -0.255. The summed E-state index contributed by atoms with van der Waals surface area (Å²) in [5.74, 6) is -0.336. The van der Waals surface area contributed by atoms with Crippen molar-refractivity contribution < 1.29 is 9.18 Å². The van der Waals surface area contributed by atoms with Crippen LogP contribution in [0.15, 0.2) is 54.6 Å². The van der Waals surface area contributed by atoms with E-state index in [2.05, 4.69) is 10.6 Å². The van der Waals surface area contributed by atoms with E-state index in [9.17, 15) is 9.18 Å². The predicted octanol–water partition coefficient (Wildman–Crippen LogP) is 2.27. The summed E-state index contributed by atoms with van der Waals surface area (Å²) >= 11 is 0. The standard InChI is InChI=1S/C17H19FN2O/c18-16-9-5-4-8-15(16)12-19-13-17(21)20-11-10-14-6-2-1-3-7-14/h1-9,19H,10-13H2,(H,20,21). The first kappa shape index (κ1) is 15.2. The maximum atomic E-state index is 13.4. The maximum Gasteiger partial charge on any atom is 0.233 e. The molecule has 3 nitrogen and oxygen atoms in total. The van der Waals surface area contributed by atoms with Crippen molar-refractivity contribution in [3.63, 3.8) is 0 Å². The zero-order valence-corrected chi connectivity index (χ0v) is 11.8. The van der Waals surface area contributed by atoms with Crippen LogP contribution in [0.5, 0.6) is 0 Å². The van der Waals surface area contributed by atoms with Gasteiger partial charge >= 0.3 is 0 Å². The van der Waals surface area contributed by atoms with Crippen molar-refractivity contribution in [3.05, 3.63) is 71.5 Å². The van der Waals surface area contributed by atoms with Gasteiger partial charge in [-0.3, -0.25) is 4.79 Å². The highest BCUT2D eigenvalue weighted by molar-refractivity contribution is 5.77. The third-order valence-corrected chi connectivity index (χ3v) is 3.14. The Balaban J connectivity index is 1.63.